The van der Waals surface area contributed by atoms with E-state index in [2.05, 4.69) is 13.5 Å². The maximum Gasteiger partial charge on any atom is 0.291 e. The van der Waals surface area contributed by atoms with E-state index >= 15 is 0 Å². The van der Waals surface area contributed by atoms with E-state index in [1.54, 1.807) is 11.0 Å². The average molecular weight is 432 g/mol. The van der Waals surface area contributed by atoms with E-state index in [-0.39, 0.29) is 17.1 Å². The van der Waals surface area contributed by atoms with Crippen LogP contribution in [0.25, 0.3) is 11.0 Å². The van der Waals surface area contributed by atoms with Crippen molar-refractivity contribution in [3.8, 4) is 5.75 Å². The molecule has 1 aromatic heterocycles. The van der Waals surface area contributed by atoms with E-state index in [9.17, 15) is 9.59 Å². The van der Waals surface area contributed by atoms with Gasteiger partial charge in [0.05, 0.1) is 23.6 Å². The molecule has 0 aliphatic carbocycles. The van der Waals surface area contributed by atoms with Crippen molar-refractivity contribution >= 4 is 16.9 Å². The lowest BCUT2D eigenvalue weighted by atomic mass is 9.97. The molecule has 0 bridgehead atoms. The molecule has 4 rings (SSSR count). The Morgan fingerprint density at radius 2 is 1.97 bits per heavy atom. The molecule has 0 spiro atoms. The topological polar surface area (TPSA) is 59.8 Å². The van der Waals surface area contributed by atoms with Gasteiger partial charge in [0.25, 0.3) is 5.91 Å². The quantitative estimate of drug-likeness (QED) is 0.339. The number of benzene rings is 2. The molecule has 3 aromatic rings. The van der Waals surface area contributed by atoms with Crippen LogP contribution in [0.1, 0.15) is 65.0 Å². The SMILES string of the molecule is C=CCN1C(=O)c2oc3c(C)cc(C)cc3c(=O)c2C1c1cccc(OCCCCC)c1. The van der Waals surface area contributed by atoms with E-state index in [1.165, 1.54) is 0 Å². The number of carbonyl (C=O) groups is 1. The fraction of sp³-hybridized carbons (Fsp3) is 0.333. The third-order valence-electron chi connectivity index (χ3n) is 5.91. The summed E-state index contributed by atoms with van der Waals surface area (Å²) >= 11 is 0. The second kappa shape index (κ2) is 9.03. The molecule has 1 aliphatic heterocycles. The summed E-state index contributed by atoms with van der Waals surface area (Å²) in [7, 11) is 0. The van der Waals surface area contributed by atoms with Crippen molar-refractivity contribution in [3.63, 3.8) is 0 Å². The molecule has 0 saturated carbocycles. The lowest BCUT2D eigenvalue weighted by molar-refractivity contribution is 0.0748. The monoisotopic (exact) mass is 431 g/mol. The Morgan fingerprint density at radius 3 is 2.72 bits per heavy atom. The van der Waals surface area contributed by atoms with Gasteiger partial charge < -0.3 is 14.1 Å². The Kier molecular flexibility index (Phi) is 6.17. The number of unbranched alkanes of at least 4 members (excludes halogenated alkanes) is 2. The highest BCUT2D eigenvalue weighted by molar-refractivity contribution is 5.99. The van der Waals surface area contributed by atoms with Crippen molar-refractivity contribution in [3.05, 3.63) is 87.3 Å². The first-order valence-corrected chi connectivity index (χ1v) is 11.2. The van der Waals surface area contributed by atoms with Crippen LogP contribution in [0.2, 0.25) is 0 Å². The number of hydrogen-bond acceptors (Lipinski definition) is 4. The predicted octanol–water partition coefficient (Wildman–Crippen LogP) is 5.71. The molecular weight excluding hydrogens is 402 g/mol. The maximum atomic E-state index is 13.6. The average Bonchev–Trinajstić information content (AvgIpc) is 3.05. The third kappa shape index (κ3) is 3.83. The molecule has 0 radical (unpaired) electrons. The normalized spacial score (nSPS) is 15.3. The summed E-state index contributed by atoms with van der Waals surface area (Å²) in [5.74, 6) is 0.559. The Balaban J connectivity index is 1.84. The second-order valence-corrected chi connectivity index (χ2v) is 8.41. The highest BCUT2D eigenvalue weighted by atomic mass is 16.5. The number of carbonyl (C=O) groups excluding carboxylic acids is 1. The first-order valence-electron chi connectivity index (χ1n) is 11.2. The maximum absolute atomic E-state index is 13.6. The van der Waals surface area contributed by atoms with Crippen LogP contribution in [0.15, 0.2) is 58.3 Å². The number of rotatable bonds is 8. The molecule has 32 heavy (non-hydrogen) atoms. The lowest BCUT2D eigenvalue weighted by Gasteiger charge is -2.24. The van der Waals surface area contributed by atoms with Gasteiger partial charge in [0.2, 0.25) is 5.76 Å². The Hall–Kier alpha value is -3.34. The smallest absolute Gasteiger partial charge is 0.291 e. The zero-order chi connectivity index (χ0) is 22.8. The number of hydrogen-bond donors (Lipinski definition) is 0. The van der Waals surface area contributed by atoms with Crippen LogP contribution >= 0.6 is 0 Å². The van der Waals surface area contributed by atoms with Gasteiger partial charge in [-0.25, -0.2) is 0 Å². The molecular formula is C27H29NO4. The van der Waals surface area contributed by atoms with E-state index < -0.39 is 6.04 Å². The van der Waals surface area contributed by atoms with Crippen LogP contribution in [0.3, 0.4) is 0 Å². The summed E-state index contributed by atoms with van der Waals surface area (Å²) in [4.78, 5) is 28.6. The molecule has 5 heteroatoms. The van der Waals surface area contributed by atoms with Crippen LogP contribution in [-0.2, 0) is 0 Å². The van der Waals surface area contributed by atoms with Crippen molar-refractivity contribution in [2.45, 2.75) is 46.1 Å². The molecule has 0 fully saturated rings. The van der Waals surface area contributed by atoms with Crippen LogP contribution in [-0.4, -0.2) is 24.0 Å². The number of nitrogens with zero attached hydrogens (tertiary/aromatic N) is 1. The summed E-state index contributed by atoms with van der Waals surface area (Å²) in [6, 6.07) is 10.9. The lowest BCUT2D eigenvalue weighted by Crippen LogP contribution is -2.29. The fourth-order valence-electron chi connectivity index (χ4n) is 4.46. The highest BCUT2D eigenvalue weighted by Gasteiger charge is 2.42. The zero-order valence-electron chi connectivity index (χ0n) is 18.9. The third-order valence-corrected chi connectivity index (χ3v) is 5.91. The van der Waals surface area contributed by atoms with Gasteiger partial charge in [-0.3, -0.25) is 9.59 Å². The molecule has 0 N–H and O–H groups in total. The van der Waals surface area contributed by atoms with Gasteiger partial charge in [0, 0.05) is 6.54 Å². The van der Waals surface area contributed by atoms with Crippen LogP contribution < -0.4 is 10.2 Å². The Labute approximate surface area is 188 Å². The Morgan fingerprint density at radius 1 is 1.16 bits per heavy atom. The van der Waals surface area contributed by atoms with Gasteiger partial charge in [-0.2, -0.15) is 0 Å². The van der Waals surface area contributed by atoms with Crippen LogP contribution in [0.5, 0.6) is 5.75 Å². The van der Waals surface area contributed by atoms with Gasteiger partial charge in [0.1, 0.15) is 11.3 Å². The minimum absolute atomic E-state index is 0.121. The van der Waals surface area contributed by atoms with Crippen molar-refractivity contribution in [1.29, 1.82) is 0 Å². The molecule has 5 nitrogen and oxygen atoms in total. The highest BCUT2D eigenvalue weighted by Crippen LogP contribution is 2.39. The van der Waals surface area contributed by atoms with Crippen molar-refractivity contribution in [1.82, 2.24) is 4.90 Å². The number of fused-ring (bicyclic) bond motifs is 2. The standard InChI is InChI=1S/C27H29NO4/c1-5-7-8-13-31-20-11-9-10-19(16-20)23-22-24(29)21-15-17(3)14-18(4)25(21)32-26(22)27(30)28(23)12-6-2/h6,9-11,14-16,23H,2,5,7-8,12-13H2,1,3-4H3. The van der Waals surface area contributed by atoms with Gasteiger partial charge in [-0.15, -0.1) is 6.58 Å². The molecule has 1 amide bonds. The number of amides is 1. The second-order valence-electron chi connectivity index (χ2n) is 8.41. The van der Waals surface area contributed by atoms with Crippen LogP contribution in [0.4, 0.5) is 0 Å². The van der Waals surface area contributed by atoms with E-state index in [0.717, 1.165) is 41.7 Å². The molecule has 166 valence electrons. The molecule has 1 unspecified atom stereocenters. The summed E-state index contributed by atoms with van der Waals surface area (Å²) < 4.78 is 12.0. The zero-order valence-corrected chi connectivity index (χ0v) is 18.9. The largest absolute Gasteiger partial charge is 0.494 e. The van der Waals surface area contributed by atoms with E-state index in [1.807, 2.05) is 50.2 Å². The first kappa shape index (κ1) is 21.9. The van der Waals surface area contributed by atoms with Gasteiger partial charge in [-0.05, 0) is 55.2 Å². The van der Waals surface area contributed by atoms with Crippen LogP contribution in [0, 0.1) is 13.8 Å². The predicted molar refractivity (Wildman–Crippen MR) is 126 cm³/mol. The number of aryl methyl sites for hydroxylation is 2. The minimum Gasteiger partial charge on any atom is -0.494 e. The van der Waals surface area contributed by atoms with E-state index in [0.29, 0.717) is 29.7 Å². The van der Waals surface area contributed by atoms with Crippen molar-refractivity contribution in [2.24, 2.45) is 0 Å². The Bertz CT molecular complexity index is 1240. The van der Waals surface area contributed by atoms with Gasteiger partial charge in [-0.1, -0.05) is 44.0 Å². The van der Waals surface area contributed by atoms with Gasteiger partial charge in [0.15, 0.2) is 5.43 Å². The van der Waals surface area contributed by atoms with E-state index in [4.69, 9.17) is 9.15 Å². The summed E-state index contributed by atoms with van der Waals surface area (Å²) in [5, 5.41) is 0.506. The summed E-state index contributed by atoms with van der Waals surface area (Å²) in [6.45, 7) is 10.7. The number of ether oxygens (including phenoxy) is 1. The summed E-state index contributed by atoms with van der Waals surface area (Å²) in [6.07, 6.45) is 4.90. The minimum atomic E-state index is -0.545. The first-order chi connectivity index (χ1) is 15.5. The fourth-order valence-corrected chi connectivity index (χ4v) is 4.46. The van der Waals surface area contributed by atoms with Crippen molar-refractivity contribution < 1.29 is 13.9 Å². The summed E-state index contributed by atoms with van der Waals surface area (Å²) in [5.41, 5.74) is 3.34. The van der Waals surface area contributed by atoms with Crippen molar-refractivity contribution in [2.75, 3.05) is 13.2 Å². The molecule has 2 aromatic carbocycles. The molecule has 0 saturated heterocycles. The van der Waals surface area contributed by atoms with Gasteiger partial charge >= 0.3 is 0 Å². The molecule has 1 atom stereocenters. The molecule has 1 aliphatic rings. The molecule has 2 heterocycles.